The second-order valence-electron chi connectivity index (χ2n) is 8.73. The average molecular weight is 330 g/mol. The van der Waals surface area contributed by atoms with Gasteiger partial charge in [-0.1, -0.05) is 47.6 Å². The summed E-state index contributed by atoms with van der Waals surface area (Å²) in [7, 11) is 0. The van der Waals surface area contributed by atoms with Gasteiger partial charge in [-0.05, 0) is 48.6 Å². The van der Waals surface area contributed by atoms with Crippen LogP contribution in [0.15, 0.2) is 23.8 Å². The van der Waals surface area contributed by atoms with Crippen LogP contribution in [0.25, 0.3) is 0 Å². The molecule has 3 nitrogen and oxygen atoms in total. The summed E-state index contributed by atoms with van der Waals surface area (Å²) in [4.78, 5) is 12.4. The number of carbonyl (C=O) groups is 1. The van der Waals surface area contributed by atoms with Crippen molar-refractivity contribution in [1.82, 2.24) is 0 Å². The summed E-state index contributed by atoms with van der Waals surface area (Å²) in [6.45, 7) is 12.3. The summed E-state index contributed by atoms with van der Waals surface area (Å²) in [6.07, 6.45) is 5.90. The Morgan fingerprint density at radius 2 is 1.54 bits per heavy atom. The fraction of sp³-hybridized carbons (Fsp3) is 0.571. The zero-order chi connectivity index (χ0) is 18.1. The van der Waals surface area contributed by atoms with Gasteiger partial charge in [-0.15, -0.1) is 0 Å². The molecule has 0 radical (unpaired) electrons. The van der Waals surface area contributed by atoms with E-state index in [2.05, 4.69) is 0 Å². The molecule has 24 heavy (non-hydrogen) atoms. The Balaban J connectivity index is 2.43. The Hall–Kier alpha value is -1.77. The molecular weight excluding hydrogens is 300 g/mol. The number of phenolic OH excluding ortho intramolecular Hbond substituents is 1. The third-order valence-corrected chi connectivity index (χ3v) is 4.46. The molecule has 0 fully saturated rings. The van der Waals surface area contributed by atoms with Crippen molar-refractivity contribution in [2.24, 2.45) is 0 Å². The molecular formula is C21H30O3. The average Bonchev–Trinajstić information content (AvgIpc) is 2.47. The molecule has 0 unspecified atom stereocenters. The monoisotopic (exact) mass is 330 g/mol. The number of aromatic hydroxyl groups is 1. The van der Waals surface area contributed by atoms with Crippen molar-refractivity contribution in [1.29, 1.82) is 0 Å². The van der Waals surface area contributed by atoms with Gasteiger partial charge in [0.1, 0.15) is 11.5 Å². The van der Waals surface area contributed by atoms with Crippen LogP contribution in [0.3, 0.4) is 0 Å². The van der Waals surface area contributed by atoms with E-state index in [1.807, 2.05) is 47.6 Å². The zero-order valence-electron chi connectivity index (χ0n) is 15.8. The van der Waals surface area contributed by atoms with Crippen molar-refractivity contribution >= 4 is 5.97 Å². The summed E-state index contributed by atoms with van der Waals surface area (Å²) in [5.74, 6) is 0.547. The van der Waals surface area contributed by atoms with Crippen LogP contribution in [0.5, 0.6) is 11.5 Å². The molecule has 1 N–H and O–H groups in total. The Kier molecular flexibility index (Phi) is 5.12. The molecule has 3 heteroatoms. The van der Waals surface area contributed by atoms with Crippen molar-refractivity contribution < 1.29 is 14.6 Å². The molecule has 0 spiro atoms. The van der Waals surface area contributed by atoms with Crippen LogP contribution in [-0.2, 0) is 15.6 Å². The summed E-state index contributed by atoms with van der Waals surface area (Å²) in [5.41, 5.74) is 1.89. The van der Waals surface area contributed by atoms with Crippen molar-refractivity contribution in [3.8, 4) is 11.5 Å². The third-order valence-electron chi connectivity index (χ3n) is 4.46. The summed E-state index contributed by atoms with van der Waals surface area (Å²) in [6, 6.07) is 3.59. The lowest BCUT2D eigenvalue weighted by molar-refractivity contribution is -0.130. The van der Waals surface area contributed by atoms with Crippen molar-refractivity contribution in [2.45, 2.75) is 78.1 Å². The van der Waals surface area contributed by atoms with E-state index < -0.39 is 0 Å². The number of phenols is 1. The highest BCUT2D eigenvalue weighted by Crippen LogP contribution is 2.41. The van der Waals surface area contributed by atoms with Gasteiger partial charge >= 0.3 is 5.97 Å². The van der Waals surface area contributed by atoms with E-state index in [9.17, 15) is 9.90 Å². The summed E-state index contributed by atoms with van der Waals surface area (Å²) >= 11 is 0. The van der Waals surface area contributed by atoms with Crippen LogP contribution in [0.1, 0.15) is 78.4 Å². The fourth-order valence-electron chi connectivity index (χ4n) is 3.01. The zero-order valence-corrected chi connectivity index (χ0v) is 15.8. The van der Waals surface area contributed by atoms with Crippen molar-refractivity contribution in [3.05, 3.63) is 34.9 Å². The molecule has 0 bridgehead atoms. The first kappa shape index (κ1) is 18.6. The molecule has 1 aliphatic carbocycles. The maximum Gasteiger partial charge on any atom is 0.339 e. The van der Waals surface area contributed by atoms with E-state index >= 15 is 0 Å². The van der Waals surface area contributed by atoms with Gasteiger partial charge in [0.25, 0.3) is 0 Å². The number of allylic oxidation sites excluding steroid dienone is 1. The summed E-state index contributed by atoms with van der Waals surface area (Å²) in [5, 5.41) is 10.7. The lowest BCUT2D eigenvalue weighted by atomic mass is 9.79. The minimum absolute atomic E-state index is 0.239. The van der Waals surface area contributed by atoms with Crippen LogP contribution < -0.4 is 4.74 Å². The third kappa shape index (κ3) is 4.19. The number of carbonyl (C=O) groups excluding carboxylic acids is 1. The maximum absolute atomic E-state index is 12.4. The predicted octanol–water partition coefficient (Wildman–Crippen LogP) is 5.39. The van der Waals surface area contributed by atoms with Crippen LogP contribution in [-0.4, -0.2) is 11.1 Å². The number of hydrogen-bond donors (Lipinski definition) is 1. The Labute approximate surface area is 145 Å². The number of ether oxygens (including phenoxy) is 1. The number of hydrogen-bond acceptors (Lipinski definition) is 3. The van der Waals surface area contributed by atoms with Crippen LogP contribution in [0.4, 0.5) is 0 Å². The first-order valence-electron chi connectivity index (χ1n) is 8.79. The van der Waals surface area contributed by atoms with Gasteiger partial charge in [0.05, 0.1) is 0 Å². The van der Waals surface area contributed by atoms with Gasteiger partial charge in [-0.2, -0.15) is 0 Å². The van der Waals surface area contributed by atoms with Crippen molar-refractivity contribution in [3.63, 3.8) is 0 Å². The van der Waals surface area contributed by atoms with Gasteiger partial charge in [-0.3, -0.25) is 0 Å². The molecule has 0 aliphatic heterocycles. The smallest absolute Gasteiger partial charge is 0.339 e. The normalized spacial score (nSPS) is 15.8. The van der Waals surface area contributed by atoms with Gasteiger partial charge in [0.15, 0.2) is 0 Å². The molecule has 132 valence electrons. The fourth-order valence-corrected chi connectivity index (χ4v) is 3.01. The van der Waals surface area contributed by atoms with E-state index in [4.69, 9.17) is 4.74 Å². The minimum atomic E-state index is -0.264. The molecule has 1 aromatic rings. The number of rotatable bonds is 2. The van der Waals surface area contributed by atoms with Crippen molar-refractivity contribution in [2.75, 3.05) is 0 Å². The van der Waals surface area contributed by atoms with Crippen LogP contribution >= 0.6 is 0 Å². The van der Waals surface area contributed by atoms with E-state index in [0.717, 1.165) is 42.4 Å². The van der Waals surface area contributed by atoms with Gasteiger partial charge in [0, 0.05) is 16.7 Å². The lowest BCUT2D eigenvalue weighted by Gasteiger charge is -2.28. The molecule has 0 heterocycles. The highest BCUT2D eigenvalue weighted by molar-refractivity contribution is 5.90. The molecule has 0 saturated carbocycles. The Morgan fingerprint density at radius 1 is 1.00 bits per heavy atom. The summed E-state index contributed by atoms with van der Waals surface area (Å²) < 4.78 is 5.66. The molecule has 2 rings (SSSR count). The first-order valence-corrected chi connectivity index (χ1v) is 8.79. The van der Waals surface area contributed by atoms with E-state index in [0.29, 0.717) is 11.5 Å². The largest absolute Gasteiger partial charge is 0.507 e. The SMILES string of the molecule is CC(C)(C)c1cc(OC(=O)C2=CCCCC2)cc(C(C)(C)C)c1O. The number of esters is 1. The Morgan fingerprint density at radius 3 is 1.96 bits per heavy atom. The van der Waals surface area contributed by atoms with Gasteiger partial charge < -0.3 is 9.84 Å². The van der Waals surface area contributed by atoms with E-state index in [1.165, 1.54) is 0 Å². The van der Waals surface area contributed by atoms with Crippen LogP contribution in [0.2, 0.25) is 0 Å². The van der Waals surface area contributed by atoms with E-state index in [1.54, 1.807) is 12.1 Å². The number of benzene rings is 1. The molecule has 1 aromatic carbocycles. The second-order valence-corrected chi connectivity index (χ2v) is 8.73. The molecule has 1 aliphatic rings. The maximum atomic E-state index is 12.4. The highest BCUT2D eigenvalue weighted by atomic mass is 16.5. The first-order chi connectivity index (χ1) is 11.0. The molecule has 0 amide bonds. The topological polar surface area (TPSA) is 46.5 Å². The lowest BCUT2D eigenvalue weighted by Crippen LogP contribution is -2.19. The second kappa shape index (κ2) is 6.62. The highest BCUT2D eigenvalue weighted by Gasteiger charge is 2.27. The molecule has 0 saturated heterocycles. The van der Waals surface area contributed by atoms with Gasteiger partial charge in [0.2, 0.25) is 0 Å². The van der Waals surface area contributed by atoms with Crippen LogP contribution in [0, 0.1) is 0 Å². The molecule has 0 aromatic heterocycles. The predicted molar refractivity (Wildman–Crippen MR) is 97.7 cm³/mol. The van der Waals surface area contributed by atoms with E-state index in [-0.39, 0.29) is 16.8 Å². The quantitative estimate of drug-likeness (QED) is 0.584. The van der Waals surface area contributed by atoms with Gasteiger partial charge in [-0.25, -0.2) is 4.79 Å². The standard InChI is InChI=1S/C21H30O3/c1-20(2,3)16-12-15(13-17(18(16)22)21(4,5)6)24-19(23)14-10-8-7-9-11-14/h10,12-13,22H,7-9,11H2,1-6H3. The Bertz CT molecular complexity index is 620. The minimum Gasteiger partial charge on any atom is -0.507 e. The molecule has 0 atom stereocenters.